The van der Waals surface area contributed by atoms with Gasteiger partial charge in [-0.05, 0) is 37.7 Å². The maximum Gasteiger partial charge on any atom is 0.321 e. The number of hydrogen-bond donors (Lipinski definition) is 2. The topological polar surface area (TPSA) is 60.8 Å². The minimum Gasteiger partial charge on any atom is -0.508 e. The number of aliphatic carboxylic acids is 1. The molecule has 0 bridgehead atoms. The van der Waals surface area contributed by atoms with Crippen LogP contribution in [0.25, 0.3) is 0 Å². The first-order valence-corrected chi connectivity index (χ1v) is 7.31. The fourth-order valence-corrected chi connectivity index (χ4v) is 3.96. The summed E-state index contributed by atoms with van der Waals surface area (Å²) in [5.74, 6) is 0.353. The molecule has 108 valence electrons. The van der Waals surface area contributed by atoms with Gasteiger partial charge in [-0.3, -0.25) is 9.69 Å². The van der Waals surface area contributed by atoms with Crippen molar-refractivity contribution >= 4 is 5.97 Å². The van der Waals surface area contributed by atoms with Crippen LogP contribution in [0.15, 0.2) is 18.2 Å². The molecule has 3 unspecified atom stereocenters. The monoisotopic (exact) mass is 275 g/mol. The molecule has 1 aromatic rings. The number of carboxylic acids is 1. The summed E-state index contributed by atoms with van der Waals surface area (Å²) in [6, 6.07) is 5.12. The molecule has 0 radical (unpaired) electrons. The number of aryl methyl sites for hydroxylation is 1. The number of likely N-dealkylation sites (tertiary alicyclic amines) is 1. The number of fused-ring (bicyclic) bond motifs is 1. The van der Waals surface area contributed by atoms with Gasteiger partial charge < -0.3 is 10.2 Å². The second kappa shape index (κ2) is 5.09. The molecule has 1 heterocycles. The molecule has 1 saturated carbocycles. The summed E-state index contributed by atoms with van der Waals surface area (Å²) in [5, 5.41) is 19.5. The van der Waals surface area contributed by atoms with Crippen molar-refractivity contribution in [1.82, 2.24) is 4.90 Å². The van der Waals surface area contributed by atoms with Gasteiger partial charge >= 0.3 is 5.97 Å². The van der Waals surface area contributed by atoms with Crippen molar-refractivity contribution in [2.24, 2.45) is 11.8 Å². The number of carbonyl (C=O) groups is 1. The van der Waals surface area contributed by atoms with Crippen molar-refractivity contribution in [2.75, 3.05) is 6.54 Å². The van der Waals surface area contributed by atoms with Gasteiger partial charge in [-0.1, -0.05) is 24.1 Å². The Bertz CT molecular complexity index is 528. The molecule has 2 aliphatic rings. The average Bonchev–Trinajstić information content (AvgIpc) is 2.93. The Morgan fingerprint density at radius 3 is 2.95 bits per heavy atom. The lowest BCUT2D eigenvalue weighted by Gasteiger charge is -2.24. The molecule has 2 N–H and O–H groups in total. The minimum atomic E-state index is -0.716. The highest BCUT2D eigenvalue weighted by Crippen LogP contribution is 2.43. The zero-order chi connectivity index (χ0) is 14.3. The van der Waals surface area contributed by atoms with Crippen LogP contribution < -0.4 is 0 Å². The normalized spacial score (nSPS) is 29.6. The molecular weight excluding hydrogens is 254 g/mol. The fourth-order valence-electron chi connectivity index (χ4n) is 3.96. The molecule has 1 aliphatic heterocycles. The van der Waals surface area contributed by atoms with E-state index in [-0.39, 0.29) is 11.8 Å². The van der Waals surface area contributed by atoms with E-state index in [1.165, 1.54) is 0 Å². The summed E-state index contributed by atoms with van der Waals surface area (Å²) in [6.45, 7) is 3.35. The Morgan fingerprint density at radius 2 is 2.20 bits per heavy atom. The molecule has 3 rings (SSSR count). The Kier molecular flexibility index (Phi) is 3.42. The minimum absolute atomic E-state index is 0.261. The first kappa shape index (κ1) is 13.4. The van der Waals surface area contributed by atoms with Gasteiger partial charge in [0.15, 0.2) is 0 Å². The third-order valence-electron chi connectivity index (χ3n) is 4.85. The van der Waals surface area contributed by atoms with Gasteiger partial charge in [0.1, 0.15) is 11.8 Å². The largest absolute Gasteiger partial charge is 0.508 e. The van der Waals surface area contributed by atoms with Crippen molar-refractivity contribution in [3.63, 3.8) is 0 Å². The van der Waals surface area contributed by atoms with E-state index in [2.05, 4.69) is 0 Å². The van der Waals surface area contributed by atoms with Gasteiger partial charge in [0.2, 0.25) is 0 Å². The van der Waals surface area contributed by atoms with E-state index in [9.17, 15) is 15.0 Å². The molecule has 4 heteroatoms. The molecule has 2 fully saturated rings. The highest BCUT2D eigenvalue weighted by atomic mass is 16.4. The summed E-state index contributed by atoms with van der Waals surface area (Å²) in [7, 11) is 0. The second-order valence-electron chi connectivity index (χ2n) is 6.20. The van der Waals surface area contributed by atoms with Crippen LogP contribution in [0, 0.1) is 18.8 Å². The number of phenolic OH excluding ortho intramolecular Hbond substituents is 1. The molecule has 1 aliphatic carbocycles. The van der Waals surface area contributed by atoms with E-state index in [4.69, 9.17) is 0 Å². The molecule has 1 aromatic carbocycles. The second-order valence-corrected chi connectivity index (χ2v) is 6.20. The quantitative estimate of drug-likeness (QED) is 0.889. The van der Waals surface area contributed by atoms with Gasteiger partial charge in [0.25, 0.3) is 0 Å². The molecular formula is C16H21NO3. The molecule has 0 aromatic heterocycles. The van der Waals surface area contributed by atoms with Crippen LogP contribution in [0.4, 0.5) is 0 Å². The first-order valence-electron chi connectivity index (χ1n) is 7.31. The first-order chi connectivity index (χ1) is 9.56. The third-order valence-corrected chi connectivity index (χ3v) is 4.85. The van der Waals surface area contributed by atoms with Gasteiger partial charge in [-0.15, -0.1) is 0 Å². The summed E-state index contributed by atoms with van der Waals surface area (Å²) >= 11 is 0. The van der Waals surface area contributed by atoms with Crippen LogP contribution in [0.5, 0.6) is 5.75 Å². The lowest BCUT2D eigenvalue weighted by Crippen LogP contribution is -2.39. The van der Waals surface area contributed by atoms with Gasteiger partial charge in [0.05, 0.1) is 0 Å². The van der Waals surface area contributed by atoms with Crippen LogP contribution >= 0.6 is 0 Å². The number of nitrogens with zero attached hydrogens (tertiary/aromatic N) is 1. The van der Waals surface area contributed by atoms with Crippen molar-refractivity contribution in [1.29, 1.82) is 0 Å². The van der Waals surface area contributed by atoms with Crippen molar-refractivity contribution in [3.8, 4) is 5.75 Å². The van der Waals surface area contributed by atoms with Crippen LogP contribution in [-0.4, -0.2) is 33.7 Å². The highest BCUT2D eigenvalue weighted by molar-refractivity contribution is 5.74. The van der Waals surface area contributed by atoms with Crippen LogP contribution in [0.2, 0.25) is 0 Å². The van der Waals surface area contributed by atoms with E-state index in [0.717, 1.165) is 36.9 Å². The number of hydrogen-bond acceptors (Lipinski definition) is 3. The van der Waals surface area contributed by atoms with Gasteiger partial charge in [-0.2, -0.15) is 0 Å². The summed E-state index contributed by atoms with van der Waals surface area (Å²) in [5.41, 5.74) is 1.92. The summed E-state index contributed by atoms with van der Waals surface area (Å²) < 4.78 is 0. The van der Waals surface area contributed by atoms with Crippen LogP contribution in [-0.2, 0) is 11.3 Å². The Morgan fingerprint density at radius 1 is 1.40 bits per heavy atom. The zero-order valence-electron chi connectivity index (χ0n) is 11.7. The Labute approximate surface area is 119 Å². The molecule has 4 nitrogen and oxygen atoms in total. The molecule has 1 saturated heterocycles. The molecule has 0 amide bonds. The SMILES string of the molecule is Cc1ccc(O)c(CN2CC3CCCC3C2C(=O)O)c1. The van der Waals surface area contributed by atoms with Gasteiger partial charge in [0, 0.05) is 18.7 Å². The van der Waals surface area contributed by atoms with E-state index in [0.29, 0.717) is 18.4 Å². The number of phenols is 1. The van der Waals surface area contributed by atoms with Crippen molar-refractivity contribution in [2.45, 2.75) is 38.8 Å². The van der Waals surface area contributed by atoms with Crippen LogP contribution in [0.3, 0.4) is 0 Å². The summed E-state index contributed by atoms with van der Waals surface area (Å²) in [4.78, 5) is 13.6. The van der Waals surface area contributed by atoms with Crippen molar-refractivity contribution < 1.29 is 15.0 Å². The van der Waals surface area contributed by atoms with E-state index >= 15 is 0 Å². The number of rotatable bonds is 3. The molecule has 0 spiro atoms. The van der Waals surface area contributed by atoms with Crippen molar-refractivity contribution in [3.05, 3.63) is 29.3 Å². The predicted molar refractivity (Wildman–Crippen MR) is 75.5 cm³/mol. The Balaban J connectivity index is 1.82. The average molecular weight is 275 g/mol. The smallest absolute Gasteiger partial charge is 0.321 e. The highest BCUT2D eigenvalue weighted by Gasteiger charge is 2.47. The standard InChI is InChI=1S/C16H21NO3/c1-10-5-6-14(18)12(7-10)9-17-8-11-3-2-4-13(11)15(17)16(19)20/h5-7,11,13,15,18H,2-4,8-9H2,1H3,(H,19,20). The maximum absolute atomic E-state index is 11.6. The molecule has 3 atom stereocenters. The lowest BCUT2D eigenvalue weighted by atomic mass is 9.94. The van der Waals surface area contributed by atoms with Gasteiger partial charge in [-0.25, -0.2) is 0 Å². The molecule has 20 heavy (non-hydrogen) atoms. The van der Waals surface area contributed by atoms with E-state index in [1.807, 2.05) is 24.0 Å². The van der Waals surface area contributed by atoms with E-state index in [1.54, 1.807) is 6.07 Å². The number of aromatic hydroxyl groups is 1. The number of benzene rings is 1. The van der Waals surface area contributed by atoms with E-state index < -0.39 is 5.97 Å². The lowest BCUT2D eigenvalue weighted by molar-refractivity contribution is -0.143. The maximum atomic E-state index is 11.6. The fraction of sp³-hybridized carbons (Fsp3) is 0.562. The predicted octanol–water partition coefficient (Wildman–Crippen LogP) is 2.39. The number of carboxylic acid groups (broad SMARTS) is 1. The Hall–Kier alpha value is -1.55. The summed E-state index contributed by atoms with van der Waals surface area (Å²) in [6.07, 6.45) is 3.32. The van der Waals surface area contributed by atoms with Crippen LogP contribution in [0.1, 0.15) is 30.4 Å². The third kappa shape index (κ3) is 2.29. The zero-order valence-corrected chi connectivity index (χ0v) is 11.7.